The molecule has 1 aromatic carbocycles. The van der Waals surface area contributed by atoms with Crippen molar-refractivity contribution in [3.8, 4) is 16.9 Å². The van der Waals surface area contributed by atoms with Crippen LogP contribution in [0.2, 0.25) is 10.3 Å². The summed E-state index contributed by atoms with van der Waals surface area (Å²) in [4.78, 5) is 0. The maximum absolute atomic E-state index is 5.97. The molecule has 0 N–H and O–H groups in total. The molecular formula is C12H10Cl2N2O. The first-order valence-electron chi connectivity index (χ1n) is 5.12. The van der Waals surface area contributed by atoms with Gasteiger partial charge in [-0.05, 0) is 30.7 Å². The molecule has 0 saturated heterocycles. The fourth-order valence-electron chi connectivity index (χ4n) is 1.45. The first kappa shape index (κ1) is 12.1. The highest BCUT2D eigenvalue weighted by Gasteiger charge is 2.06. The Hall–Kier alpha value is -1.32. The van der Waals surface area contributed by atoms with E-state index in [0.29, 0.717) is 16.9 Å². The Bertz CT molecular complexity index is 514. The first-order valence-corrected chi connectivity index (χ1v) is 5.88. The van der Waals surface area contributed by atoms with Crippen LogP contribution in [-0.2, 0) is 0 Å². The van der Waals surface area contributed by atoms with E-state index in [9.17, 15) is 0 Å². The molecule has 17 heavy (non-hydrogen) atoms. The van der Waals surface area contributed by atoms with E-state index in [1.165, 1.54) is 0 Å². The summed E-state index contributed by atoms with van der Waals surface area (Å²) in [5.41, 5.74) is 1.69. The molecule has 3 nitrogen and oxygen atoms in total. The zero-order chi connectivity index (χ0) is 12.3. The van der Waals surface area contributed by atoms with Gasteiger partial charge in [-0.15, -0.1) is 10.2 Å². The lowest BCUT2D eigenvalue weighted by molar-refractivity contribution is 0.340. The molecule has 0 amide bonds. The predicted octanol–water partition coefficient (Wildman–Crippen LogP) is 3.85. The van der Waals surface area contributed by atoms with Gasteiger partial charge in [0, 0.05) is 5.56 Å². The van der Waals surface area contributed by atoms with Gasteiger partial charge in [-0.2, -0.15) is 0 Å². The Morgan fingerprint density at radius 2 is 1.82 bits per heavy atom. The summed E-state index contributed by atoms with van der Waals surface area (Å²) in [5.74, 6) is 0.820. The van der Waals surface area contributed by atoms with Gasteiger partial charge in [0.25, 0.3) is 0 Å². The van der Waals surface area contributed by atoms with Crippen LogP contribution in [0.5, 0.6) is 5.75 Å². The normalized spacial score (nSPS) is 10.3. The topological polar surface area (TPSA) is 35.0 Å². The number of hydrogen-bond acceptors (Lipinski definition) is 3. The number of halogens is 2. The van der Waals surface area contributed by atoms with E-state index in [4.69, 9.17) is 27.9 Å². The molecule has 88 valence electrons. The highest BCUT2D eigenvalue weighted by molar-refractivity contribution is 6.33. The smallest absolute Gasteiger partial charge is 0.159 e. The summed E-state index contributed by atoms with van der Waals surface area (Å²) in [6.07, 6.45) is 0. The van der Waals surface area contributed by atoms with Crippen molar-refractivity contribution >= 4 is 23.2 Å². The molecule has 0 aliphatic heterocycles. The second-order valence-corrected chi connectivity index (χ2v) is 4.07. The number of hydrogen-bond donors (Lipinski definition) is 0. The van der Waals surface area contributed by atoms with E-state index < -0.39 is 0 Å². The van der Waals surface area contributed by atoms with Gasteiger partial charge in [-0.25, -0.2) is 0 Å². The SMILES string of the molecule is CCOc1ccc(-c2cc(Cl)nnc2Cl)cc1. The molecule has 0 radical (unpaired) electrons. The van der Waals surface area contributed by atoms with Crippen LogP contribution in [0.1, 0.15) is 6.92 Å². The zero-order valence-electron chi connectivity index (χ0n) is 9.15. The van der Waals surface area contributed by atoms with E-state index in [1.54, 1.807) is 6.07 Å². The minimum Gasteiger partial charge on any atom is -0.494 e. The van der Waals surface area contributed by atoms with Crippen molar-refractivity contribution in [2.75, 3.05) is 6.61 Å². The summed E-state index contributed by atoms with van der Waals surface area (Å²) in [6, 6.07) is 9.26. The van der Waals surface area contributed by atoms with Crippen molar-refractivity contribution in [2.24, 2.45) is 0 Å². The Labute approximate surface area is 109 Å². The summed E-state index contributed by atoms with van der Waals surface area (Å²) in [7, 11) is 0. The molecule has 0 fully saturated rings. The number of benzene rings is 1. The fourth-order valence-corrected chi connectivity index (χ4v) is 1.80. The molecule has 5 heteroatoms. The molecule has 2 rings (SSSR count). The maximum Gasteiger partial charge on any atom is 0.159 e. The number of rotatable bonds is 3. The van der Waals surface area contributed by atoms with Gasteiger partial charge in [-0.3, -0.25) is 0 Å². The van der Waals surface area contributed by atoms with Gasteiger partial charge >= 0.3 is 0 Å². The summed E-state index contributed by atoms with van der Waals surface area (Å²) in [6.45, 7) is 2.58. The average molecular weight is 269 g/mol. The van der Waals surface area contributed by atoms with E-state index >= 15 is 0 Å². The molecule has 1 heterocycles. The quantitative estimate of drug-likeness (QED) is 0.848. The second-order valence-electron chi connectivity index (χ2n) is 3.33. The van der Waals surface area contributed by atoms with Gasteiger partial charge in [-0.1, -0.05) is 35.3 Å². The third-order valence-electron chi connectivity index (χ3n) is 2.20. The molecule has 0 bridgehead atoms. The molecule has 0 aliphatic rings. The Balaban J connectivity index is 2.36. The lowest BCUT2D eigenvalue weighted by Gasteiger charge is -2.06. The minimum absolute atomic E-state index is 0.318. The monoisotopic (exact) mass is 268 g/mol. The molecule has 0 saturated carbocycles. The van der Waals surface area contributed by atoms with Crippen LogP contribution < -0.4 is 4.74 Å². The van der Waals surface area contributed by atoms with E-state index in [1.807, 2.05) is 31.2 Å². The van der Waals surface area contributed by atoms with E-state index in [2.05, 4.69) is 10.2 Å². The standard InChI is InChI=1S/C12H10Cl2N2O/c1-2-17-9-5-3-8(4-6-9)10-7-11(13)15-16-12(10)14/h3-7H,2H2,1H3. The number of ether oxygens (including phenoxy) is 1. The van der Waals surface area contributed by atoms with Gasteiger partial charge in [0.2, 0.25) is 0 Å². The van der Waals surface area contributed by atoms with Crippen molar-refractivity contribution in [1.82, 2.24) is 10.2 Å². The van der Waals surface area contributed by atoms with Crippen LogP contribution in [0.4, 0.5) is 0 Å². The Morgan fingerprint density at radius 3 is 2.47 bits per heavy atom. The largest absolute Gasteiger partial charge is 0.494 e. The highest BCUT2D eigenvalue weighted by atomic mass is 35.5. The third kappa shape index (κ3) is 2.87. The molecule has 0 unspecified atom stereocenters. The molecule has 0 spiro atoms. The zero-order valence-corrected chi connectivity index (χ0v) is 10.7. The van der Waals surface area contributed by atoms with E-state index in [0.717, 1.165) is 16.9 Å². The van der Waals surface area contributed by atoms with Crippen LogP contribution in [0.25, 0.3) is 11.1 Å². The lowest BCUT2D eigenvalue weighted by atomic mass is 10.1. The minimum atomic E-state index is 0.318. The molecule has 0 atom stereocenters. The highest BCUT2D eigenvalue weighted by Crippen LogP contribution is 2.28. The number of nitrogens with zero attached hydrogens (tertiary/aromatic N) is 2. The predicted molar refractivity (Wildman–Crippen MR) is 68.7 cm³/mol. The Morgan fingerprint density at radius 1 is 1.12 bits per heavy atom. The second kappa shape index (κ2) is 5.34. The fraction of sp³-hybridized carbons (Fsp3) is 0.167. The summed E-state index contributed by atoms with van der Waals surface area (Å²) in [5, 5.41) is 8.09. The Kier molecular flexibility index (Phi) is 3.82. The first-order chi connectivity index (χ1) is 8.20. The van der Waals surface area contributed by atoms with Gasteiger partial charge < -0.3 is 4.74 Å². The van der Waals surface area contributed by atoms with Crippen LogP contribution in [0.3, 0.4) is 0 Å². The third-order valence-corrected chi connectivity index (χ3v) is 2.66. The maximum atomic E-state index is 5.97. The van der Waals surface area contributed by atoms with Crippen molar-refractivity contribution < 1.29 is 4.74 Å². The molecule has 0 aliphatic carbocycles. The van der Waals surface area contributed by atoms with Crippen LogP contribution in [-0.4, -0.2) is 16.8 Å². The molecular weight excluding hydrogens is 259 g/mol. The average Bonchev–Trinajstić information content (AvgIpc) is 2.34. The lowest BCUT2D eigenvalue weighted by Crippen LogP contribution is -1.91. The summed E-state index contributed by atoms with van der Waals surface area (Å²) >= 11 is 11.8. The van der Waals surface area contributed by atoms with E-state index in [-0.39, 0.29) is 0 Å². The number of aromatic nitrogens is 2. The van der Waals surface area contributed by atoms with Crippen molar-refractivity contribution in [3.05, 3.63) is 40.6 Å². The van der Waals surface area contributed by atoms with Crippen LogP contribution >= 0.6 is 23.2 Å². The van der Waals surface area contributed by atoms with Crippen molar-refractivity contribution in [2.45, 2.75) is 6.92 Å². The van der Waals surface area contributed by atoms with Crippen LogP contribution in [0.15, 0.2) is 30.3 Å². The molecule has 2 aromatic rings. The van der Waals surface area contributed by atoms with Gasteiger partial charge in [0.05, 0.1) is 6.61 Å². The molecule has 1 aromatic heterocycles. The van der Waals surface area contributed by atoms with Crippen molar-refractivity contribution in [1.29, 1.82) is 0 Å². The summed E-state index contributed by atoms with van der Waals surface area (Å²) < 4.78 is 5.36. The van der Waals surface area contributed by atoms with Crippen LogP contribution in [0, 0.1) is 0 Å². The van der Waals surface area contributed by atoms with Gasteiger partial charge in [0.15, 0.2) is 10.3 Å². The van der Waals surface area contributed by atoms with Gasteiger partial charge in [0.1, 0.15) is 5.75 Å². The van der Waals surface area contributed by atoms with Crippen molar-refractivity contribution in [3.63, 3.8) is 0 Å².